The Morgan fingerprint density at radius 2 is 1.94 bits per heavy atom. The number of halogens is 3. The lowest BCUT2D eigenvalue weighted by Crippen LogP contribution is -2.26. The summed E-state index contributed by atoms with van der Waals surface area (Å²) in [6.07, 6.45) is 3.29. The van der Waals surface area contributed by atoms with Gasteiger partial charge in [-0.2, -0.15) is 0 Å². The molecule has 17 heavy (non-hydrogen) atoms. The van der Waals surface area contributed by atoms with E-state index in [0.717, 1.165) is 25.8 Å². The molecule has 2 atom stereocenters. The summed E-state index contributed by atoms with van der Waals surface area (Å²) in [6, 6.07) is 3.93. The summed E-state index contributed by atoms with van der Waals surface area (Å²) in [7, 11) is 0. The lowest BCUT2D eigenvalue weighted by Gasteiger charge is -2.14. The van der Waals surface area contributed by atoms with E-state index in [0.29, 0.717) is 5.92 Å². The second-order valence-corrected chi connectivity index (χ2v) is 5.10. The van der Waals surface area contributed by atoms with Crippen LogP contribution in [-0.4, -0.2) is 11.9 Å². The number of nitrogens with one attached hydrogen (secondary N) is 1. The molecular formula is C13H16ClF2N. The van der Waals surface area contributed by atoms with Crippen molar-refractivity contribution in [1.82, 2.24) is 5.32 Å². The molecule has 0 radical (unpaired) electrons. The first-order valence-corrected chi connectivity index (χ1v) is 6.40. The highest BCUT2D eigenvalue weighted by Crippen LogP contribution is 2.29. The van der Waals surface area contributed by atoms with Crippen LogP contribution in [0.4, 0.5) is 8.78 Å². The lowest BCUT2D eigenvalue weighted by molar-refractivity contribution is 0.475. The molecule has 0 aromatic heterocycles. The van der Waals surface area contributed by atoms with Gasteiger partial charge in [0.25, 0.3) is 0 Å². The Morgan fingerprint density at radius 3 is 2.53 bits per heavy atom. The second-order valence-electron chi connectivity index (χ2n) is 4.54. The number of benzene rings is 1. The van der Waals surface area contributed by atoms with E-state index in [4.69, 9.17) is 11.6 Å². The first kappa shape index (κ1) is 12.8. The smallest absolute Gasteiger partial charge is 0.130 e. The molecule has 4 heteroatoms. The van der Waals surface area contributed by atoms with E-state index in [1.165, 1.54) is 18.2 Å². The zero-order chi connectivity index (χ0) is 12.3. The molecule has 1 aromatic rings. The summed E-state index contributed by atoms with van der Waals surface area (Å²) in [5.74, 6) is -0.566. The van der Waals surface area contributed by atoms with Gasteiger partial charge in [0.05, 0.1) is 0 Å². The third kappa shape index (κ3) is 3.17. The van der Waals surface area contributed by atoms with Gasteiger partial charge in [-0.25, -0.2) is 8.78 Å². The molecule has 0 saturated heterocycles. The molecule has 1 aliphatic rings. The number of hydrogen-bond acceptors (Lipinski definition) is 1. The van der Waals surface area contributed by atoms with Crippen LogP contribution in [0.1, 0.15) is 24.8 Å². The van der Waals surface area contributed by atoms with E-state index >= 15 is 0 Å². The molecule has 2 rings (SSSR count). The van der Waals surface area contributed by atoms with E-state index < -0.39 is 11.6 Å². The van der Waals surface area contributed by atoms with Crippen LogP contribution in [0.25, 0.3) is 0 Å². The Morgan fingerprint density at radius 1 is 1.24 bits per heavy atom. The summed E-state index contributed by atoms with van der Waals surface area (Å²) in [5, 5.41) is 3.29. The van der Waals surface area contributed by atoms with Gasteiger partial charge in [0.15, 0.2) is 0 Å². The minimum Gasteiger partial charge on any atom is -0.312 e. The van der Waals surface area contributed by atoms with Gasteiger partial charge >= 0.3 is 0 Å². The Hall–Kier alpha value is -0.670. The minimum atomic E-state index is -0.494. The van der Waals surface area contributed by atoms with Crippen molar-refractivity contribution in [3.8, 4) is 0 Å². The molecule has 1 fully saturated rings. The zero-order valence-corrected chi connectivity index (χ0v) is 10.3. The van der Waals surface area contributed by atoms with Crippen molar-refractivity contribution in [1.29, 1.82) is 0 Å². The lowest BCUT2D eigenvalue weighted by atomic mass is 10.1. The summed E-state index contributed by atoms with van der Waals surface area (Å²) < 4.78 is 26.6. The van der Waals surface area contributed by atoms with Gasteiger partial charge < -0.3 is 5.32 Å². The maximum Gasteiger partial charge on any atom is 0.130 e. The molecule has 0 aliphatic heterocycles. The summed E-state index contributed by atoms with van der Waals surface area (Å²) >= 11 is 6.13. The fourth-order valence-corrected chi connectivity index (χ4v) is 2.67. The molecule has 1 nitrogen and oxygen atoms in total. The fourth-order valence-electron chi connectivity index (χ4n) is 2.31. The number of hydrogen-bond donors (Lipinski definition) is 1. The van der Waals surface area contributed by atoms with Crippen molar-refractivity contribution in [3.05, 3.63) is 35.4 Å². The molecule has 94 valence electrons. The summed E-state index contributed by atoms with van der Waals surface area (Å²) in [4.78, 5) is 0. The van der Waals surface area contributed by atoms with Crippen molar-refractivity contribution >= 4 is 11.6 Å². The number of alkyl halides is 1. The third-order valence-electron chi connectivity index (χ3n) is 3.34. The molecule has 1 N–H and O–H groups in total. The Labute approximate surface area is 105 Å². The maximum atomic E-state index is 13.3. The van der Waals surface area contributed by atoms with Gasteiger partial charge in [-0.05, 0) is 37.4 Å². The normalized spacial score (nSPS) is 24.2. The van der Waals surface area contributed by atoms with Crippen LogP contribution in [-0.2, 0) is 6.54 Å². The number of rotatable bonds is 4. The van der Waals surface area contributed by atoms with Gasteiger partial charge in [-0.1, -0.05) is 12.5 Å². The first-order valence-electron chi connectivity index (χ1n) is 5.96. The van der Waals surface area contributed by atoms with Crippen molar-refractivity contribution < 1.29 is 8.78 Å². The third-order valence-corrected chi connectivity index (χ3v) is 3.91. The molecule has 0 amide bonds. The van der Waals surface area contributed by atoms with Crippen LogP contribution in [0.15, 0.2) is 18.2 Å². The topological polar surface area (TPSA) is 12.0 Å². The highest BCUT2D eigenvalue weighted by molar-refractivity contribution is 6.20. The van der Waals surface area contributed by atoms with E-state index in [9.17, 15) is 8.78 Å². The SMILES string of the molecule is Fc1cccc(F)c1CNCC1CCCC1Cl. The minimum absolute atomic E-state index is 0.108. The quantitative estimate of drug-likeness (QED) is 0.817. The van der Waals surface area contributed by atoms with Gasteiger partial charge in [-0.3, -0.25) is 0 Å². The zero-order valence-electron chi connectivity index (χ0n) is 9.56. The highest BCUT2D eigenvalue weighted by atomic mass is 35.5. The van der Waals surface area contributed by atoms with Gasteiger partial charge in [0.1, 0.15) is 11.6 Å². The van der Waals surface area contributed by atoms with Gasteiger partial charge in [0.2, 0.25) is 0 Å². The van der Waals surface area contributed by atoms with Crippen LogP contribution in [0.2, 0.25) is 0 Å². The maximum absolute atomic E-state index is 13.3. The standard InChI is InChI=1S/C13H16ClF2N/c14-11-4-1-3-9(11)7-17-8-10-12(15)5-2-6-13(10)16/h2,5-6,9,11,17H,1,3-4,7-8H2. The van der Waals surface area contributed by atoms with E-state index in [1.807, 2.05) is 0 Å². The van der Waals surface area contributed by atoms with Crippen molar-refractivity contribution in [2.45, 2.75) is 31.2 Å². The Bertz CT molecular complexity index is 363. The molecule has 1 aliphatic carbocycles. The molecule has 0 heterocycles. The Balaban J connectivity index is 1.86. The molecule has 2 unspecified atom stereocenters. The monoisotopic (exact) mass is 259 g/mol. The van der Waals surface area contributed by atoms with Gasteiger partial charge in [0, 0.05) is 17.5 Å². The van der Waals surface area contributed by atoms with E-state index in [-0.39, 0.29) is 17.5 Å². The van der Waals surface area contributed by atoms with Crippen molar-refractivity contribution in [3.63, 3.8) is 0 Å². The molecule has 0 spiro atoms. The molecule has 1 saturated carbocycles. The van der Waals surface area contributed by atoms with E-state index in [2.05, 4.69) is 5.32 Å². The average Bonchev–Trinajstić information content (AvgIpc) is 2.69. The van der Waals surface area contributed by atoms with Crippen LogP contribution < -0.4 is 5.32 Å². The fraction of sp³-hybridized carbons (Fsp3) is 0.538. The summed E-state index contributed by atoms with van der Waals surface area (Å²) in [6.45, 7) is 0.945. The van der Waals surface area contributed by atoms with Crippen LogP contribution in [0, 0.1) is 17.6 Å². The second kappa shape index (κ2) is 5.78. The first-order chi connectivity index (χ1) is 8.18. The molecule has 0 bridgehead atoms. The largest absolute Gasteiger partial charge is 0.312 e. The molecular weight excluding hydrogens is 244 g/mol. The van der Waals surface area contributed by atoms with Crippen LogP contribution in [0.5, 0.6) is 0 Å². The predicted octanol–water partition coefficient (Wildman–Crippen LogP) is 3.46. The summed E-state index contributed by atoms with van der Waals surface area (Å²) in [5.41, 5.74) is 0.108. The Kier molecular flexibility index (Phi) is 4.35. The van der Waals surface area contributed by atoms with Crippen molar-refractivity contribution in [2.75, 3.05) is 6.54 Å². The van der Waals surface area contributed by atoms with Crippen LogP contribution in [0.3, 0.4) is 0 Å². The average molecular weight is 260 g/mol. The predicted molar refractivity (Wildman–Crippen MR) is 65.0 cm³/mol. The van der Waals surface area contributed by atoms with Crippen molar-refractivity contribution in [2.24, 2.45) is 5.92 Å². The highest BCUT2D eigenvalue weighted by Gasteiger charge is 2.24. The van der Waals surface area contributed by atoms with E-state index in [1.54, 1.807) is 0 Å². The van der Waals surface area contributed by atoms with Crippen LogP contribution >= 0.6 is 11.6 Å². The molecule has 1 aromatic carbocycles. The van der Waals surface area contributed by atoms with Gasteiger partial charge in [-0.15, -0.1) is 11.6 Å².